The van der Waals surface area contributed by atoms with Crippen molar-refractivity contribution in [1.82, 2.24) is 0 Å². The van der Waals surface area contributed by atoms with Gasteiger partial charge in [-0.3, -0.25) is 0 Å². The molecule has 1 atom stereocenters. The lowest BCUT2D eigenvalue weighted by molar-refractivity contribution is 0.190. The number of benzene rings is 2. The Morgan fingerprint density at radius 2 is 1.90 bits per heavy atom. The van der Waals surface area contributed by atoms with E-state index >= 15 is 0 Å². The maximum Gasteiger partial charge on any atom is 0.136 e. The van der Waals surface area contributed by atoms with Gasteiger partial charge in [-0.15, -0.1) is 0 Å². The number of aliphatic hydroxyl groups is 1. The zero-order chi connectivity index (χ0) is 15.4. The number of methoxy groups -OCH3 is 1. The number of halogens is 1. The van der Waals surface area contributed by atoms with E-state index in [1.54, 1.807) is 20.1 Å². The van der Waals surface area contributed by atoms with Crippen LogP contribution in [0.15, 0.2) is 36.4 Å². The van der Waals surface area contributed by atoms with Crippen LogP contribution >= 0.6 is 11.6 Å². The minimum atomic E-state index is -0.686. The molecule has 0 aliphatic heterocycles. The highest BCUT2D eigenvalue weighted by atomic mass is 35.5. The standard InChI is InChI=1S/C17H19ClO3/c1-4-12-10-13(8-9-14(12)18)21-16-7-5-6-15(20-3)17(16)11(2)19/h5-11,19H,4H2,1-3H3/t11-/m1/s1. The van der Waals surface area contributed by atoms with Gasteiger partial charge in [0.05, 0.1) is 18.8 Å². The van der Waals surface area contributed by atoms with Crippen molar-refractivity contribution in [3.05, 3.63) is 52.5 Å². The Kier molecular flexibility index (Phi) is 5.10. The highest BCUT2D eigenvalue weighted by Gasteiger charge is 2.16. The van der Waals surface area contributed by atoms with Crippen molar-refractivity contribution in [2.24, 2.45) is 0 Å². The first kappa shape index (κ1) is 15.7. The molecule has 0 radical (unpaired) electrons. The van der Waals surface area contributed by atoms with Gasteiger partial charge in [0.15, 0.2) is 0 Å². The predicted molar refractivity (Wildman–Crippen MR) is 84.5 cm³/mol. The Balaban J connectivity index is 2.39. The predicted octanol–water partition coefficient (Wildman–Crippen LogP) is 4.76. The molecule has 2 aromatic carbocycles. The average molecular weight is 307 g/mol. The first-order valence-electron chi connectivity index (χ1n) is 6.88. The van der Waals surface area contributed by atoms with E-state index < -0.39 is 6.10 Å². The number of rotatable bonds is 5. The Morgan fingerprint density at radius 1 is 1.19 bits per heavy atom. The van der Waals surface area contributed by atoms with Crippen molar-refractivity contribution in [2.75, 3.05) is 7.11 Å². The maximum atomic E-state index is 9.96. The first-order chi connectivity index (χ1) is 10.1. The number of aryl methyl sites for hydroxylation is 1. The zero-order valence-corrected chi connectivity index (χ0v) is 13.1. The third kappa shape index (κ3) is 3.49. The molecule has 0 aromatic heterocycles. The topological polar surface area (TPSA) is 38.7 Å². The molecule has 0 saturated heterocycles. The van der Waals surface area contributed by atoms with Crippen LogP contribution in [0, 0.1) is 0 Å². The smallest absolute Gasteiger partial charge is 0.136 e. The summed E-state index contributed by atoms with van der Waals surface area (Å²) in [4.78, 5) is 0. The molecule has 0 amide bonds. The summed E-state index contributed by atoms with van der Waals surface area (Å²) in [5.41, 5.74) is 1.66. The van der Waals surface area contributed by atoms with Gasteiger partial charge in [-0.25, -0.2) is 0 Å². The second-order valence-electron chi connectivity index (χ2n) is 4.76. The molecule has 0 bridgehead atoms. The van der Waals surface area contributed by atoms with Crippen LogP contribution in [0.1, 0.15) is 31.1 Å². The van der Waals surface area contributed by atoms with E-state index in [-0.39, 0.29) is 0 Å². The van der Waals surface area contributed by atoms with Gasteiger partial charge in [0.2, 0.25) is 0 Å². The summed E-state index contributed by atoms with van der Waals surface area (Å²) in [5.74, 6) is 1.87. The zero-order valence-electron chi connectivity index (χ0n) is 12.4. The van der Waals surface area contributed by atoms with Crippen LogP contribution in [-0.4, -0.2) is 12.2 Å². The highest BCUT2D eigenvalue weighted by Crippen LogP contribution is 2.37. The fourth-order valence-corrected chi connectivity index (χ4v) is 2.47. The van der Waals surface area contributed by atoms with E-state index in [9.17, 15) is 5.11 Å². The van der Waals surface area contributed by atoms with Crippen LogP contribution in [-0.2, 0) is 6.42 Å². The lowest BCUT2D eigenvalue weighted by atomic mass is 10.1. The molecule has 0 aliphatic carbocycles. The Morgan fingerprint density at radius 3 is 2.52 bits per heavy atom. The molecule has 0 aliphatic rings. The van der Waals surface area contributed by atoms with E-state index in [4.69, 9.17) is 21.1 Å². The lowest BCUT2D eigenvalue weighted by Gasteiger charge is -2.17. The lowest BCUT2D eigenvalue weighted by Crippen LogP contribution is -2.00. The fraction of sp³-hybridized carbons (Fsp3) is 0.294. The SMILES string of the molecule is CCc1cc(Oc2cccc(OC)c2[C@@H](C)O)ccc1Cl. The fourth-order valence-electron chi connectivity index (χ4n) is 2.22. The molecule has 0 unspecified atom stereocenters. The van der Waals surface area contributed by atoms with Crippen molar-refractivity contribution in [3.63, 3.8) is 0 Å². The van der Waals surface area contributed by atoms with Gasteiger partial charge in [-0.2, -0.15) is 0 Å². The minimum absolute atomic E-state index is 0.578. The third-order valence-electron chi connectivity index (χ3n) is 3.29. The van der Waals surface area contributed by atoms with Crippen molar-refractivity contribution in [2.45, 2.75) is 26.4 Å². The van der Waals surface area contributed by atoms with Gasteiger partial charge in [0.1, 0.15) is 17.2 Å². The van der Waals surface area contributed by atoms with Gasteiger partial charge in [-0.1, -0.05) is 24.6 Å². The van der Waals surface area contributed by atoms with Gasteiger partial charge < -0.3 is 14.6 Å². The summed E-state index contributed by atoms with van der Waals surface area (Å²) < 4.78 is 11.2. The summed E-state index contributed by atoms with van der Waals surface area (Å²) in [6.45, 7) is 3.72. The molecule has 4 heteroatoms. The Bertz CT molecular complexity index is 623. The van der Waals surface area contributed by atoms with E-state index in [1.807, 2.05) is 37.3 Å². The molecule has 0 saturated carbocycles. The van der Waals surface area contributed by atoms with E-state index in [0.717, 1.165) is 17.0 Å². The van der Waals surface area contributed by atoms with Crippen LogP contribution < -0.4 is 9.47 Å². The monoisotopic (exact) mass is 306 g/mol. The number of ether oxygens (including phenoxy) is 2. The van der Waals surface area contributed by atoms with Gasteiger partial charge >= 0.3 is 0 Å². The summed E-state index contributed by atoms with van der Waals surface area (Å²) >= 11 is 6.11. The molecule has 2 aromatic rings. The Labute approximate surface area is 130 Å². The van der Waals surface area contributed by atoms with E-state index in [2.05, 4.69) is 0 Å². The second-order valence-corrected chi connectivity index (χ2v) is 5.16. The van der Waals surface area contributed by atoms with Crippen LogP contribution in [0.3, 0.4) is 0 Å². The minimum Gasteiger partial charge on any atom is -0.496 e. The Hall–Kier alpha value is -1.71. The number of aliphatic hydroxyl groups excluding tert-OH is 1. The summed E-state index contributed by atoms with van der Waals surface area (Å²) in [5, 5.41) is 10.7. The highest BCUT2D eigenvalue weighted by molar-refractivity contribution is 6.31. The number of hydrogen-bond acceptors (Lipinski definition) is 3. The molecular formula is C17H19ClO3. The largest absolute Gasteiger partial charge is 0.496 e. The normalized spacial score (nSPS) is 12.0. The average Bonchev–Trinajstić information content (AvgIpc) is 2.48. The summed E-state index contributed by atoms with van der Waals surface area (Å²) in [6.07, 6.45) is 0.145. The van der Waals surface area contributed by atoms with Crippen LogP contribution in [0.25, 0.3) is 0 Å². The van der Waals surface area contributed by atoms with Gasteiger partial charge in [0.25, 0.3) is 0 Å². The molecule has 1 N–H and O–H groups in total. The molecule has 0 spiro atoms. The van der Waals surface area contributed by atoms with E-state index in [0.29, 0.717) is 22.8 Å². The molecular weight excluding hydrogens is 288 g/mol. The van der Waals surface area contributed by atoms with Crippen LogP contribution in [0.4, 0.5) is 0 Å². The van der Waals surface area contributed by atoms with Crippen molar-refractivity contribution in [1.29, 1.82) is 0 Å². The summed E-state index contributed by atoms with van der Waals surface area (Å²) in [6, 6.07) is 11.0. The van der Waals surface area contributed by atoms with Crippen molar-refractivity contribution >= 4 is 11.6 Å². The second kappa shape index (κ2) is 6.83. The first-order valence-corrected chi connectivity index (χ1v) is 7.25. The van der Waals surface area contributed by atoms with Crippen molar-refractivity contribution < 1.29 is 14.6 Å². The quantitative estimate of drug-likeness (QED) is 0.866. The van der Waals surface area contributed by atoms with Gasteiger partial charge in [0, 0.05) is 5.02 Å². The van der Waals surface area contributed by atoms with Gasteiger partial charge in [-0.05, 0) is 49.2 Å². The molecule has 2 rings (SSSR count). The third-order valence-corrected chi connectivity index (χ3v) is 3.66. The molecule has 0 heterocycles. The molecule has 3 nitrogen and oxygen atoms in total. The molecule has 0 fully saturated rings. The molecule has 112 valence electrons. The van der Waals surface area contributed by atoms with Crippen LogP contribution in [0.2, 0.25) is 5.02 Å². The molecule has 21 heavy (non-hydrogen) atoms. The van der Waals surface area contributed by atoms with Crippen LogP contribution in [0.5, 0.6) is 17.2 Å². The maximum absolute atomic E-state index is 9.96. The van der Waals surface area contributed by atoms with Crippen molar-refractivity contribution in [3.8, 4) is 17.2 Å². The summed E-state index contributed by atoms with van der Waals surface area (Å²) in [7, 11) is 1.57. The number of hydrogen-bond donors (Lipinski definition) is 1. The van der Waals surface area contributed by atoms with E-state index in [1.165, 1.54) is 0 Å².